The van der Waals surface area contributed by atoms with Gasteiger partial charge in [0.05, 0.1) is 13.7 Å². The van der Waals surface area contributed by atoms with Gasteiger partial charge in [0, 0.05) is 26.3 Å². The maximum Gasteiger partial charge on any atom is 0.341 e. The van der Waals surface area contributed by atoms with Gasteiger partial charge in [0.2, 0.25) is 12.4 Å². The summed E-state index contributed by atoms with van der Waals surface area (Å²) in [6.45, 7) is 5.18. The molecule has 1 aliphatic heterocycles. The predicted octanol–water partition coefficient (Wildman–Crippen LogP) is 1.53. The van der Waals surface area contributed by atoms with Crippen LogP contribution in [0.5, 0.6) is 5.75 Å². The third-order valence-corrected chi connectivity index (χ3v) is 5.17. The largest absolute Gasteiger partial charge is 0.467 e. The number of hydrogen-bond acceptors (Lipinski definition) is 13. The Hall–Kier alpha value is -4.00. The molecule has 2 rings (SSSR count). The van der Waals surface area contributed by atoms with Crippen molar-refractivity contribution >= 4 is 36.1 Å². The van der Waals surface area contributed by atoms with Gasteiger partial charge in [-0.15, -0.1) is 0 Å². The van der Waals surface area contributed by atoms with Gasteiger partial charge in [0.25, 0.3) is 0 Å². The number of aldehydes is 1. The van der Waals surface area contributed by atoms with Crippen LogP contribution in [0, 0.1) is 0 Å². The maximum atomic E-state index is 12.8. The van der Waals surface area contributed by atoms with Crippen LogP contribution in [0.1, 0.15) is 61.3 Å². The summed E-state index contributed by atoms with van der Waals surface area (Å²) in [5.41, 5.74) is -0.0160. The molecule has 1 heterocycles. The number of esters is 5. The van der Waals surface area contributed by atoms with Crippen molar-refractivity contribution in [3.63, 3.8) is 0 Å². The van der Waals surface area contributed by atoms with Crippen molar-refractivity contribution < 1.29 is 61.9 Å². The molecule has 208 valence electrons. The van der Waals surface area contributed by atoms with E-state index in [4.69, 9.17) is 33.2 Å². The van der Waals surface area contributed by atoms with Crippen molar-refractivity contribution in [2.75, 3.05) is 13.7 Å². The average Bonchev–Trinajstić information content (AvgIpc) is 2.86. The fourth-order valence-corrected chi connectivity index (χ4v) is 3.57. The van der Waals surface area contributed by atoms with Gasteiger partial charge in [-0.1, -0.05) is 13.3 Å². The molecule has 0 N–H and O–H groups in total. The van der Waals surface area contributed by atoms with Crippen LogP contribution in [0.2, 0.25) is 0 Å². The van der Waals surface area contributed by atoms with E-state index in [0.29, 0.717) is 12.7 Å². The summed E-state index contributed by atoms with van der Waals surface area (Å²) >= 11 is 0. The van der Waals surface area contributed by atoms with E-state index in [1.807, 2.05) is 6.92 Å². The minimum absolute atomic E-state index is 0.110. The molecule has 0 bridgehead atoms. The molecule has 0 amide bonds. The molecule has 0 radical (unpaired) electrons. The highest BCUT2D eigenvalue weighted by atomic mass is 16.7. The molecule has 1 fully saturated rings. The standard InChI is InChI=1S/C25H30O13/c1-6-7-10-33-23(30)17-11-16(12-26)8-9-18(17)37-25-22(36-15(4)29)20(35-14(3)28)19(34-13(2)27)21(38-25)24(31)32-5/h8-9,11-12,19-22,25H,6-7,10H2,1-5H3/t19-,20-,21-,22+,25+/m0/s1. The zero-order chi connectivity index (χ0) is 28.4. The van der Waals surface area contributed by atoms with Crippen molar-refractivity contribution in [3.8, 4) is 5.75 Å². The van der Waals surface area contributed by atoms with Gasteiger partial charge >= 0.3 is 29.8 Å². The topological polar surface area (TPSA) is 167 Å². The molecule has 0 saturated carbocycles. The molecule has 13 nitrogen and oxygen atoms in total. The zero-order valence-corrected chi connectivity index (χ0v) is 21.6. The Kier molecular flexibility index (Phi) is 11.2. The summed E-state index contributed by atoms with van der Waals surface area (Å²) in [6, 6.07) is 3.85. The van der Waals surface area contributed by atoms with Gasteiger partial charge in [0.1, 0.15) is 17.6 Å². The smallest absolute Gasteiger partial charge is 0.341 e. The number of carbonyl (C=O) groups is 6. The maximum absolute atomic E-state index is 12.8. The molecule has 5 atom stereocenters. The second-order valence-electron chi connectivity index (χ2n) is 8.15. The van der Waals surface area contributed by atoms with E-state index < -0.39 is 60.6 Å². The highest BCUT2D eigenvalue weighted by Gasteiger charge is 2.56. The first-order chi connectivity index (χ1) is 18.0. The molecule has 38 heavy (non-hydrogen) atoms. The molecule has 0 aliphatic carbocycles. The number of rotatable bonds is 11. The zero-order valence-electron chi connectivity index (χ0n) is 21.6. The monoisotopic (exact) mass is 538 g/mol. The SMILES string of the molecule is CCCCOC(=O)c1cc(C=O)ccc1O[C@@H]1O[C@H](C(=O)OC)[C@@H](OC(C)=O)[C@H](OC(C)=O)[C@H]1OC(C)=O. The average molecular weight is 539 g/mol. The second-order valence-corrected chi connectivity index (χ2v) is 8.15. The summed E-state index contributed by atoms with van der Waals surface area (Å²) in [5.74, 6) is -4.54. The van der Waals surface area contributed by atoms with Crippen molar-refractivity contribution in [3.05, 3.63) is 29.3 Å². The van der Waals surface area contributed by atoms with Crippen molar-refractivity contribution in [1.82, 2.24) is 0 Å². The normalized spacial score (nSPS) is 22.4. The van der Waals surface area contributed by atoms with Gasteiger partial charge in [-0.2, -0.15) is 0 Å². The molecule has 1 aromatic carbocycles. The molecule has 0 unspecified atom stereocenters. The van der Waals surface area contributed by atoms with Gasteiger partial charge < -0.3 is 33.2 Å². The van der Waals surface area contributed by atoms with Crippen LogP contribution >= 0.6 is 0 Å². The van der Waals surface area contributed by atoms with E-state index in [1.54, 1.807) is 0 Å². The van der Waals surface area contributed by atoms with Crippen LogP contribution in [-0.4, -0.2) is 80.6 Å². The van der Waals surface area contributed by atoms with Crippen LogP contribution in [-0.2, 0) is 47.6 Å². The third kappa shape index (κ3) is 8.00. The fraction of sp³-hybridized carbons (Fsp3) is 0.520. The van der Waals surface area contributed by atoms with Crippen molar-refractivity contribution in [2.24, 2.45) is 0 Å². The predicted molar refractivity (Wildman–Crippen MR) is 125 cm³/mol. The van der Waals surface area contributed by atoms with E-state index >= 15 is 0 Å². The molecule has 0 aromatic heterocycles. The fourth-order valence-electron chi connectivity index (χ4n) is 3.57. The van der Waals surface area contributed by atoms with Crippen LogP contribution in [0.15, 0.2) is 18.2 Å². The molecule has 13 heteroatoms. The van der Waals surface area contributed by atoms with E-state index in [-0.39, 0.29) is 23.5 Å². The molecule has 1 aliphatic rings. The van der Waals surface area contributed by atoms with E-state index in [1.165, 1.54) is 18.2 Å². The molecule has 0 spiro atoms. The highest BCUT2D eigenvalue weighted by molar-refractivity contribution is 5.94. The Morgan fingerprint density at radius 2 is 1.53 bits per heavy atom. The minimum atomic E-state index is -1.68. The number of benzene rings is 1. The van der Waals surface area contributed by atoms with Gasteiger partial charge in [0.15, 0.2) is 18.3 Å². The summed E-state index contributed by atoms with van der Waals surface area (Å²) in [4.78, 5) is 72.3. The van der Waals surface area contributed by atoms with Crippen LogP contribution in [0.4, 0.5) is 0 Å². The Morgan fingerprint density at radius 3 is 2.08 bits per heavy atom. The number of methoxy groups -OCH3 is 1. The third-order valence-electron chi connectivity index (χ3n) is 5.17. The van der Waals surface area contributed by atoms with E-state index in [2.05, 4.69) is 0 Å². The number of unbranched alkanes of at least 4 members (excludes halogenated alkanes) is 1. The number of carbonyl (C=O) groups excluding carboxylic acids is 6. The second kappa shape index (κ2) is 14.1. The lowest BCUT2D eigenvalue weighted by atomic mass is 9.97. The quantitative estimate of drug-likeness (QED) is 0.172. The van der Waals surface area contributed by atoms with Crippen molar-refractivity contribution in [2.45, 2.75) is 71.2 Å². The van der Waals surface area contributed by atoms with E-state index in [0.717, 1.165) is 34.3 Å². The Morgan fingerprint density at radius 1 is 0.921 bits per heavy atom. The number of ether oxygens (including phenoxy) is 7. The minimum Gasteiger partial charge on any atom is -0.467 e. The lowest BCUT2D eigenvalue weighted by Gasteiger charge is -2.43. The Labute approximate surface area is 218 Å². The highest BCUT2D eigenvalue weighted by Crippen LogP contribution is 2.32. The lowest BCUT2D eigenvalue weighted by Crippen LogP contribution is -2.64. The van der Waals surface area contributed by atoms with Gasteiger partial charge in [-0.05, 0) is 24.6 Å². The molecule has 1 saturated heterocycles. The van der Waals surface area contributed by atoms with Crippen LogP contribution in [0.3, 0.4) is 0 Å². The summed E-state index contributed by atoms with van der Waals surface area (Å²) < 4.78 is 37.3. The molecular weight excluding hydrogens is 508 g/mol. The molecular formula is C25H30O13. The summed E-state index contributed by atoms with van der Waals surface area (Å²) in [6.07, 6.45) is -6.21. The van der Waals surface area contributed by atoms with Crippen LogP contribution < -0.4 is 4.74 Å². The molecule has 1 aromatic rings. The number of hydrogen-bond donors (Lipinski definition) is 0. The first-order valence-electron chi connectivity index (χ1n) is 11.7. The summed E-state index contributed by atoms with van der Waals surface area (Å²) in [7, 11) is 1.05. The van der Waals surface area contributed by atoms with Crippen LogP contribution in [0.25, 0.3) is 0 Å². The van der Waals surface area contributed by atoms with Gasteiger partial charge in [-0.3, -0.25) is 19.2 Å². The Bertz CT molecular complexity index is 1050. The first kappa shape index (κ1) is 30.2. The Balaban J connectivity index is 2.57. The summed E-state index contributed by atoms with van der Waals surface area (Å²) in [5, 5.41) is 0. The lowest BCUT2D eigenvalue weighted by molar-refractivity contribution is -0.282. The van der Waals surface area contributed by atoms with Gasteiger partial charge in [-0.25, -0.2) is 9.59 Å². The van der Waals surface area contributed by atoms with E-state index in [9.17, 15) is 28.8 Å². The van der Waals surface area contributed by atoms with Crippen molar-refractivity contribution in [1.29, 1.82) is 0 Å². The first-order valence-corrected chi connectivity index (χ1v) is 11.7.